The smallest absolute Gasteiger partial charge is 0.303 e. The molecule has 1 amide bonds. The summed E-state index contributed by atoms with van der Waals surface area (Å²) in [4.78, 5) is 21.2. The van der Waals surface area contributed by atoms with E-state index in [2.05, 4.69) is 17.9 Å². The number of thiol groups is 1. The van der Waals surface area contributed by atoms with Crippen molar-refractivity contribution in [3.05, 3.63) is 0 Å². The molecule has 2 N–H and O–H groups in total. The van der Waals surface area contributed by atoms with Crippen molar-refractivity contribution in [3.63, 3.8) is 0 Å². The van der Waals surface area contributed by atoms with Gasteiger partial charge in [-0.25, -0.2) is 0 Å². The van der Waals surface area contributed by atoms with Crippen LogP contribution in [0.2, 0.25) is 0 Å². The summed E-state index contributed by atoms with van der Waals surface area (Å²) in [5.74, 6) is -0.304. The molecule has 0 aromatic heterocycles. The molecule has 0 unspecified atom stereocenters. The largest absolute Gasteiger partial charge is 0.481 e. The van der Waals surface area contributed by atoms with Crippen LogP contribution in [0.1, 0.15) is 19.3 Å². The van der Waals surface area contributed by atoms with Gasteiger partial charge in [-0.05, 0) is 12.2 Å². The summed E-state index contributed by atoms with van der Waals surface area (Å²) < 4.78 is 10.4. The summed E-state index contributed by atoms with van der Waals surface area (Å²) in [6.07, 6.45) is 1.04. The highest BCUT2D eigenvalue weighted by Crippen LogP contribution is 1.90. The first-order valence-electron chi connectivity index (χ1n) is 5.91. The molecule has 0 radical (unpaired) electrons. The summed E-state index contributed by atoms with van der Waals surface area (Å²) in [6, 6.07) is 0. The van der Waals surface area contributed by atoms with Gasteiger partial charge in [-0.15, -0.1) is 0 Å². The predicted octanol–water partition coefficient (Wildman–Crippen LogP) is 0.320. The zero-order valence-corrected chi connectivity index (χ0v) is 11.3. The number of hydrogen-bond acceptors (Lipinski definition) is 5. The van der Waals surface area contributed by atoms with E-state index in [4.69, 9.17) is 14.6 Å². The van der Waals surface area contributed by atoms with Crippen molar-refractivity contribution < 1.29 is 24.2 Å². The van der Waals surface area contributed by atoms with Gasteiger partial charge in [0, 0.05) is 26.0 Å². The molecule has 0 aliphatic heterocycles. The van der Waals surface area contributed by atoms with Crippen LogP contribution in [0.5, 0.6) is 0 Å². The predicted molar refractivity (Wildman–Crippen MR) is 70.0 cm³/mol. The van der Waals surface area contributed by atoms with Gasteiger partial charge in [0.2, 0.25) is 5.91 Å². The maximum atomic E-state index is 11.0. The van der Waals surface area contributed by atoms with Gasteiger partial charge in [0.1, 0.15) is 0 Å². The fourth-order valence-corrected chi connectivity index (χ4v) is 1.30. The number of nitrogens with one attached hydrogen (secondary N) is 1. The first-order chi connectivity index (χ1) is 8.66. The molecule has 0 fully saturated rings. The Kier molecular flexibility index (Phi) is 12.1. The third-order valence-electron chi connectivity index (χ3n) is 1.96. The summed E-state index contributed by atoms with van der Waals surface area (Å²) in [6.45, 7) is 2.22. The Morgan fingerprint density at radius 2 is 1.72 bits per heavy atom. The van der Waals surface area contributed by atoms with E-state index in [1.54, 1.807) is 0 Å². The van der Waals surface area contributed by atoms with E-state index < -0.39 is 5.97 Å². The van der Waals surface area contributed by atoms with Crippen LogP contribution in [0.15, 0.2) is 0 Å². The minimum absolute atomic E-state index is 0.0291. The molecular weight excluding hydrogens is 258 g/mol. The summed E-state index contributed by atoms with van der Waals surface area (Å²) >= 11 is 3.95. The first kappa shape index (κ1) is 17.2. The molecule has 7 heteroatoms. The summed E-state index contributed by atoms with van der Waals surface area (Å²) in [5, 5.41) is 11.1. The Morgan fingerprint density at radius 1 is 1.06 bits per heavy atom. The van der Waals surface area contributed by atoms with E-state index in [9.17, 15) is 9.59 Å². The minimum atomic E-state index is -0.813. The molecule has 0 aliphatic carbocycles. The highest BCUT2D eigenvalue weighted by Gasteiger charge is 1.98. The Morgan fingerprint density at radius 3 is 2.33 bits per heavy atom. The molecule has 0 spiro atoms. The fraction of sp³-hybridized carbons (Fsp3) is 0.818. The number of rotatable bonds is 12. The molecule has 18 heavy (non-hydrogen) atoms. The Bertz CT molecular complexity index is 237. The van der Waals surface area contributed by atoms with Gasteiger partial charge < -0.3 is 19.9 Å². The van der Waals surface area contributed by atoms with Crippen LogP contribution < -0.4 is 5.32 Å². The van der Waals surface area contributed by atoms with Gasteiger partial charge in [0.05, 0.1) is 19.8 Å². The summed E-state index contributed by atoms with van der Waals surface area (Å²) in [5.41, 5.74) is 0. The van der Waals surface area contributed by atoms with Crippen molar-refractivity contribution in [2.75, 3.05) is 38.7 Å². The van der Waals surface area contributed by atoms with Crippen molar-refractivity contribution in [1.82, 2.24) is 5.32 Å². The van der Waals surface area contributed by atoms with Crippen LogP contribution in [0.4, 0.5) is 0 Å². The van der Waals surface area contributed by atoms with Crippen LogP contribution in [0.25, 0.3) is 0 Å². The lowest BCUT2D eigenvalue weighted by atomic mass is 10.3. The molecule has 106 valence electrons. The molecule has 0 aliphatic rings. The van der Waals surface area contributed by atoms with E-state index in [1.807, 2.05) is 0 Å². The zero-order valence-electron chi connectivity index (χ0n) is 10.4. The molecule has 0 aromatic rings. The lowest BCUT2D eigenvalue weighted by Crippen LogP contribution is -2.27. The van der Waals surface area contributed by atoms with Crippen LogP contribution in [0.3, 0.4) is 0 Å². The monoisotopic (exact) mass is 279 g/mol. The number of aliphatic carboxylic acids is 1. The van der Waals surface area contributed by atoms with Gasteiger partial charge >= 0.3 is 5.97 Å². The van der Waals surface area contributed by atoms with Crippen molar-refractivity contribution in [2.24, 2.45) is 0 Å². The van der Waals surface area contributed by atoms with Crippen LogP contribution in [-0.4, -0.2) is 55.7 Å². The van der Waals surface area contributed by atoms with Gasteiger partial charge in [-0.2, -0.15) is 12.6 Å². The number of hydrogen-bond donors (Lipinski definition) is 3. The number of carboxylic acids is 1. The highest BCUT2D eigenvalue weighted by molar-refractivity contribution is 7.80. The average molecular weight is 279 g/mol. The Hall–Kier alpha value is -0.790. The van der Waals surface area contributed by atoms with Crippen molar-refractivity contribution >= 4 is 24.5 Å². The molecule has 0 saturated carbocycles. The fourth-order valence-electron chi connectivity index (χ4n) is 1.10. The maximum absolute atomic E-state index is 11.0. The number of carbonyl (C=O) groups is 2. The van der Waals surface area contributed by atoms with Crippen molar-refractivity contribution in [2.45, 2.75) is 19.3 Å². The minimum Gasteiger partial charge on any atom is -0.481 e. The molecule has 0 rings (SSSR count). The van der Waals surface area contributed by atoms with Gasteiger partial charge in [0.25, 0.3) is 0 Å². The van der Waals surface area contributed by atoms with E-state index in [0.29, 0.717) is 51.6 Å². The third-order valence-corrected chi connectivity index (χ3v) is 2.18. The van der Waals surface area contributed by atoms with E-state index >= 15 is 0 Å². The molecule has 0 aromatic carbocycles. The number of carboxylic acid groups (broad SMARTS) is 1. The quantitative estimate of drug-likeness (QED) is 0.354. The van der Waals surface area contributed by atoms with Crippen LogP contribution >= 0.6 is 12.6 Å². The molecule has 6 nitrogen and oxygen atoms in total. The molecule has 0 atom stereocenters. The first-order valence-corrected chi connectivity index (χ1v) is 6.55. The molecule has 0 saturated heterocycles. The van der Waals surface area contributed by atoms with Gasteiger partial charge in [-0.3, -0.25) is 9.59 Å². The Labute approximate surface area is 112 Å². The normalized spacial score (nSPS) is 10.3. The maximum Gasteiger partial charge on any atom is 0.303 e. The lowest BCUT2D eigenvalue weighted by Gasteiger charge is -2.06. The van der Waals surface area contributed by atoms with Crippen LogP contribution in [0, 0.1) is 0 Å². The number of ether oxygens (including phenoxy) is 2. The number of carbonyl (C=O) groups excluding carboxylic acids is 1. The van der Waals surface area contributed by atoms with E-state index in [0.717, 1.165) is 0 Å². The Balaban J connectivity index is 3.07. The average Bonchev–Trinajstić information content (AvgIpc) is 2.31. The topological polar surface area (TPSA) is 84.9 Å². The summed E-state index contributed by atoms with van der Waals surface area (Å²) in [7, 11) is 0. The standard InChI is InChI=1S/C11H21NO5S/c13-10(3-9-18)12-4-6-17-8-7-16-5-1-2-11(14)15/h18H,1-9H2,(H,12,13)(H,14,15). The van der Waals surface area contributed by atoms with E-state index in [-0.39, 0.29) is 12.3 Å². The van der Waals surface area contributed by atoms with Crippen molar-refractivity contribution in [3.8, 4) is 0 Å². The second kappa shape index (κ2) is 12.7. The third kappa shape index (κ3) is 13.3. The lowest BCUT2D eigenvalue weighted by molar-refractivity contribution is -0.137. The molecular formula is C11H21NO5S. The SMILES string of the molecule is O=C(O)CCCOCCOCCNC(=O)CCS. The zero-order chi connectivity index (χ0) is 13.6. The molecule has 0 bridgehead atoms. The second-order valence-electron chi connectivity index (χ2n) is 3.55. The highest BCUT2D eigenvalue weighted by atomic mass is 32.1. The van der Waals surface area contributed by atoms with E-state index in [1.165, 1.54) is 0 Å². The van der Waals surface area contributed by atoms with Gasteiger partial charge in [0.15, 0.2) is 0 Å². The van der Waals surface area contributed by atoms with Gasteiger partial charge in [-0.1, -0.05) is 0 Å². The number of amides is 1. The van der Waals surface area contributed by atoms with Crippen molar-refractivity contribution in [1.29, 1.82) is 0 Å². The van der Waals surface area contributed by atoms with Crippen LogP contribution in [-0.2, 0) is 19.1 Å². The molecule has 0 heterocycles. The second-order valence-corrected chi connectivity index (χ2v) is 3.99.